The van der Waals surface area contributed by atoms with E-state index < -0.39 is 0 Å². The monoisotopic (exact) mass is 175 g/mol. The molecule has 0 saturated heterocycles. The summed E-state index contributed by atoms with van der Waals surface area (Å²) in [6.07, 6.45) is 2.62. The summed E-state index contributed by atoms with van der Waals surface area (Å²) in [5.74, 6) is 0. The van der Waals surface area contributed by atoms with Crippen LogP contribution in [0.1, 0.15) is 5.69 Å². The molecule has 0 aliphatic rings. The Hall–Kier alpha value is -1.22. The van der Waals surface area contributed by atoms with E-state index in [9.17, 15) is 0 Å². The Kier molecular flexibility index (Phi) is 1.87. The summed E-state index contributed by atoms with van der Waals surface area (Å²) in [5, 5.41) is 2.03. The Labute approximate surface area is 74.9 Å². The first-order valence-corrected chi connectivity index (χ1v) is 4.50. The molecule has 0 fully saturated rings. The van der Waals surface area contributed by atoms with Crippen LogP contribution in [0.15, 0.2) is 23.6 Å². The van der Waals surface area contributed by atoms with Crippen LogP contribution in [-0.2, 0) is 0 Å². The van der Waals surface area contributed by atoms with Gasteiger partial charge in [0.25, 0.3) is 0 Å². The second-order valence-electron chi connectivity index (χ2n) is 2.47. The van der Waals surface area contributed by atoms with Gasteiger partial charge in [0.05, 0.1) is 10.6 Å². The molecule has 3 heteroatoms. The van der Waals surface area contributed by atoms with E-state index in [2.05, 4.69) is 16.3 Å². The molecule has 0 spiro atoms. The molecule has 0 aromatic carbocycles. The van der Waals surface area contributed by atoms with Gasteiger partial charge < -0.3 is 0 Å². The van der Waals surface area contributed by atoms with Crippen molar-refractivity contribution in [1.82, 2.24) is 9.97 Å². The molecule has 0 N–H and O–H groups in total. The minimum Gasteiger partial charge on any atom is -0.231 e. The number of nitrogens with zero attached hydrogens (tertiary/aromatic N) is 2. The third-order valence-electron chi connectivity index (χ3n) is 1.52. The van der Waals surface area contributed by atoms with E-state index in [0.717, 1.165) is 16.3 Å². The van der Waals surface area contributed by atoms with Crippen LogP contribution in [0, 0.1) is 13.3 Å². The van der Waals surface area contributed by atoms with Crippen LogP contribution in [0.25, 0.3) is 10.6 Å². The maximum atomic E-state index is 4.06. The van der Waals surface area contributed by atoms with Gasteiger partial charge >= 0.3 is 0 Å². The van der Waals surface area contributed by atoms with E-state index in [1.807, 2.05) is 30.5 Å². The Morgan fingerprint density at radius 3 is 3.00 bits per heavy atom. The number of aromatic nitrogens is 2. The summed E-state index contributed by atoms with van der Waals surface area (Å²) in [6.45, 7) is 1.94. The van der Waals surface area contributed by atoms with Crippen molar-refractivity contribution in [2.45, 2.75) is 6.92 Å². The first-order chi connectivity index (χ1) is 5.86. The fourth-order valence-electron chi connectivity index (χ4n) is 0.971. The summed E-state index contributed by atoms with van der Waals surface area (Å²) >= 11 is 1.67. The normalized spacial score (nSPS) is 10.1. The van der Waals surface area contributed by atoms with Crippen molar-refractivity contribution in [2.24, 2.45) is 0 Å². The number of aryl methyl sites for hydroxylation is 1. The third kappa shape index (κ3) is 1.36. The average Bonchev–Trinajstić information content (AvgIpc) is 2.56. The standard InChI is InChI=1S/C9H7N2S/c1-7-5-8(11-6-10-7)9-3-2-4-12-9/h2-5H,1H3. The summed E-state index contributed by atoms with van der Waals surface area (Å²) in [7, 11) is 0. The topological polar surface area (TPSA) is 25.8 Å². The van der Waals surface area contributed by atoms with Crippen molar-refractivity contribution in [1.29, 1.82) is 0 Å². The van der Waals surface area contributed by atoms with Crippen LogP contribution in [0.2, 0.25) is 0 Å². The molecule has 12 heavy (non-hydrogen) atoms. The fraction of sp³-hybridized carbons (Fsp3) is 0.111. The number of hydrogen-bond donors (Lipinski definition) is 0. The van der Waals surface area contributed by atoms with Gasteiger partial charge in [-0.25, -0.2) is 9.97 Å². The number of hydrogen-bond acceptors (Lipinski definition) is 3. The summed E-state index contributed by atoms with van der Waals surface area (Å²) in [6, 6.07) is 6.01. The Morgan fingerprint density at radius 2 is 2.33 bits per heavy atom. The van der Waals surface area contributed by atoms with E-state index in [1.54, 1.807) is 11.3 Å². The van der Waals surface area contributed by atoms with Crippen molar-refractivity contribution in [2.75, 3.05) is 0 Å². The zero-order valence-corrected chi connectivity index (χ0v) is 7.43. The highest BCUT2D eigenvalue weighted by Crippen LogP contribution is 2.21. The Bertz CT molecular complexity index is 368. The molecule has 59 valence electrons. The third-order valence-corrected chi connectivity index (χ3v) is 2.41. The van der Waals surface area contributed by atoms with E-state index in [1.165, 1.54) is 0 Å². The summed E-state index contributed by atoms with van der Waals surface area (Å²) in [5.41, 5.74) is 1.91. The largest absolute Gasteiger partial charge is 0.231 e. The smallest absolute Gasteiger partial charge is 0.198 e. The highest BCUT2D eigenvalue weighted by atomic mass is 32.1. The molecule has 2 aromatic rings. The second-order valence-corrected chi connectivity index (χ2v) is 3.42. The van der Waals surface area contributed by atoms with Crippen molar-refractivity contribution in [3.63, 3.8) is 0 Å². The van der Waals surface area contributed by atoms with Crippen LogP contribution < -0.4 is 0 Å². The van der Waals surface area contributed by atoms with Crippen LogP contribution in [0.5, 0.6) is 0 Å². The summed E-state index contributed by atoms with van der Waals surface area (Å²) < 4.78 is 0. The molecule has 2 heterocycles. The van der Waals surface area contributed by atoms with Crippen molar-refractivity contribution in [3.8, 4) is 10.6 Å². The van der Waals surface area contributed by atoms with Gasteiger partial charge in [0.1, 0.15) is 0 Å². The Balaban J connectivity index is 2.48. The van der Waals surface area contributed by atoms with Gasteiger partial charge in [-0.1, -0.05) is 6.07 Å². The first kappa shape index (κ1) is 7.43. The maximum Gasteiger partial charge on any atom is 0.198 e. The van der Waals surface area contributed by atoms with Gasteiger partial charge in [-0.05, 0) is 24.4 Å². The molecule has 0 unspecified atom stereocenters. The van der Waals surface area contributed by atoms with Gasteiger partial charge in [-0.15, -0.1) is 11.3 Å². The molecular formula is C9H7N2S. The van der Waals surface area contributed by atoms with E-state index in [-0.39, 0.29) is 0 Å². The highest BCUT2D eigenvalue weighted by Gasteiger charge is 1.99. The predicted octanol–water partition coefficient (Wildman–Crippen LogP) is 2.31. The van der Waals surface area contributed by atoms with Crippen LogP contribution in [0.3, 0.4) is 0 Å². The van der Waals surface area contributed by atoms with E-state index >= 15 is 0 Å². The lowest BCUT2D eigenvalue weighted by atomic mass is 10.3. The van der Waals surface area contributed by atoms with Gasteiger partial charge in [0, 0.05) is 5.69 Å². The highest BCUT2D eigenvalue weighted by molar-refractivity contribution is 7.13. The molecule has 1 radical (unpaired) electrons. The van der Waals surface area contributed by atoms with Gasteiger partial charge in [-0.2, -0.15) is 0 Å². The van der Waals surface area contributed by atoms with Gasteiger partial charge in [0.15, 0.2) is 6.33 Å². The molecule has 2 aromatic heterocycles. The van der Waals surface area contributed by atoms with Gasteiger partial charge in [0.2, 0.25) is 0 Å². The van der Waals surface area contributed by atoms with Crippen molar-refractivity contribution in [3.05, 3.63) is 35.6 Å². The molecule has 2 rings (SSSR count). The molecule has 0 aliphatic carbocycles. The zero-order chi connectivity index (χ0) is 8.39. The number of thiophene rings is 1. The fourth-order valence-corrected chi connectivity index (χ4v) is 1.66. The minimum atomic E-state index is 0.952. The van der Waals surface area contributed by atoms with E-state index in [0.29, 0.717) is 0 Å². The predicted molar refractivity (Wildman–Crippen MR) is 48.9 cm³/mol. The molecule has 0 aliphatic heterocycles. The lowest BCUT2D eigenvalue weighted by molar-refractivity contribution is 1.09. The quantitative estimate of drug-likeness (QED) is 0.664. The van der Waals surface area contributed by atoms with Gasteiger partial charge in [-0.3, -0.25) is 0 Å². The molecule has 0 saturated carbocycles. The lowest BCUT2D eigenvalue weighted by Gasteiger charge is -1.94. The van der Waals surface area contributed by atoms with Crippen LogP contribution in [0.4, 0.5) is 0 Å². The first-order valence-electron chi connectivity index (χ1n) is 3.62. The van der Waals surface area contributed by atoms with Crippen molar-refractivity contribution >= 4 is 11.3 Å². The molecule has 2 nitrogen and oxygen atoms in total. The molecular weight excluding hydrogens is 168 g/mol. The SMILES string of the molecule is Cc1cc(-c2cccs2)n[c]n1. The Morgan fingerprint density at radius 1 is 1.42 bits per heavy atom. The molecule has 0 amide bonds. The average molecular weight is 175 g/mol. The van der Waals surface area contributed by atoms with Crippen LogP contribution >= 0.6 is 11.3 Å². The number of rotatable bonds is 1. The maximum absolute atomic E-state index is 4.06. The van der Waals surface area contributed by atoms with E-state index in [4.69, 9.17) is 0 Å². The second kappa shape index (κ2) is 3.03. The van der Waals surface area contributed by atoms with Crippen LogP contribution in [-0.4, -0.2) is 9.97 Å². The zero-order valence-electron chi connectivity index (χ0n) is 6.61. The lowest BCUT2D eigenvalue weighted by Crippen LogP contribution is -1.85. The summed E-state index contributed by atoms with van der Waals surface area (Å²) in [4.78, 5) is 9.14. The minimum absolute atomic E-state index is 0.952. The molecule has 0 bridgehead atoms. The van der Waals surface area contributed by atoms with Crippen molar-refractivity contribution < 1.29 is 0 Å². The molecule has 0 atom stereocenters.